The Bertz CT molecular complexity index is 395. The number of hydrogen-bond acceptors (Lipinski definition) is 2. The quantitative estimate of drug-likeness (QED) is 0.650. The average Bonchev–Trinajstić information content (AvgIpc) is 2.52. The Balaban J connectivity index is 0.000000396. The van der Waals surface area contributed by atoms with Crippen molar-refractivity contribution in [3.8, 4) is 0 Å². The second-order valence-corrected chi connectivity index (χ2v) is 2.73. The van der Waals surface area contributed by atoms with Crippen molar-refractivity contribution >= 4 is 17.2 Å². The molecule has 2 aromatic rings. The van der Waals surface area contributed by atoms with Crippen LogP contribution < -0.4 is 0 Å². The third-order valence-corrected chi connectivity index (χ3v) is 1.74. The molecule has 70 valence electrons. The van der Waals surface area contributed by atoms with Gasteiger partial charge in [-0.05, 0) is 6.92 Å². The van der Waals surface area contributed by atoms with Crippen molar-refractivity contribution in [2.75, 3.05) is 0 Å². The van der Waals surface area contributed by atoms with Gasteiger partial charge < -0.3 is 4.40 Å². The second-order valence-electron chi connectivity index (χ2n) is 2.34. The zero-order valence-electron chi connectivity index (χ0n) is 7.95. The minimum absolute atomic E-state index is 0.485. The van der Waals surface area contributed by atoms with Crippen molar-refractivity contribution in [3.63, 3.8) is 0 Å². The Labute approximate surface area is 82.4 Å². The van der Waals surface area contributed by atoms with Crippen LogP contribution in [0.15, 0.2) is 18.6 Å². The molecule has 0 amide bonds. The smallest absolute Gasteiger partial charge is 0.155 e. The third-order valence-electron chi connectivity index (χ3n) is 1.55. The van der Waals surface area contributed by atoms with Gasteiger partial charge in [0.15, 0.2) is 5.65 Å². The van der Waals surface area contributed by atoms with Gasteiger partial charge in [-0.3, -0.25) is 0 Å². The van der Waals surface area contributed by atoms with Crippen LogP contribution in [-0.4, -0.2) is 14.4 Å². The van der Waals surface area contributed by atoms with Gasteiger partial charge in [-0.1, -0.05) is 25.4 Å². The predicted octanol–water partition coefficient (Wildman–Crippen LogP) is 2.72. The number of fused-ring (bicyclic) bond motifs is 1. The highest BCUT2D eigenvalue weighted by atomic mass is 35.5. The van der Waals surface area contributed by atoms with E-state index in [0.29, 0.717) is 5.15 Å². The van der Waals surface area contributed by atoms with Gasteiger partial charge in [0.05, 0.1) is 6.20 Å². The number of aryl methyl sites for hydroxylation is 1. The Morgan fingerprint density at radius 3 is 2.62 bits per heavy atom. The van der Waals surface area contributed by atoms with Crippen molar-refractivity contribution in [1.29, 1.82) is 0 Å². The first kappa shape index (κ1) is 9.99. The van der Waals surface area contributed by atoms with E-state index in [9.17, 15) is 0 Å². The van der Waals surface area contributed by atoms with Gasteiger partial charge >= 0.3 is 0 Å². The largest absolute Gasteiger partial charge is 0.300 e. The van der Waals surface area contributed by atoms with E-state index < -0.39 is 0 Å². The summed E-state index contributed by atoms with van der Waals surface area (Å²) in [5.74, 6) is 0. The van der Waals surface area contributed by atoms with E-state index in [1.54, 1.807) is 18.6 Å². The first-order chi connectivity index (χ1) is 6.27. The Morgan fingerprint density at radius 2 is 1.92 bits per heavy atom. The fraction of sp³-hybridized carbons (Fsp3) is 0.333. The highest BCUT2D eigenvalue weighted by molar-refractivity contribution is 6.29. The molecule has 0 saturated carbocycles. The lowest BCUT2D eigenvalue weighted by Gasteiger charge is -1.94. The summed E-state index contributed by atoms with van der Waals surface area (Å²) in [4.78, 5) is 8.00. The van der Waals surface area contributed by atoms with Crippen LogP contribution in [0.4, 0.5) is 0 Å². The van der Waals surface area contributed by atoms with E-state index >= 15 is 0 Å². The van der Waals surface area contributed by atoms with Crippen molar-refractivity contribution in [2.45, 2.75) is 20.8 Å². The zero-order chi connectivity index (χ0) is 9.84. The monoisotopic (exact) mass is 197 g/mol. The number of hydrogen-bond donors (Lipinski definition) is 0. The van der Waals surface area contributed by atoms with Crippen LogP contribution in [0.25, 0.3) is 5.65 Å². The first-order valence-electron chi connectivity index (χ1n) is 4.22. The fourth-order valence-corrected chi connectivity index (χ4v) is 1.13. The number of nitrogens with zero attached hydrogens (tertiary/aromatic N) is 3. The van der Waals surface area contributed by atoms with E-state index in [2.05, 4.69) is 9.97 Å². The molecule has 0 bridgehead atoms. The number of aromatic nitrogens is 3. The van der Waals surface area contributed by atoms with Crippen LogP contribution in [0.1, 0.15) is 19.5 Å². The van der Waals surface area contributed by atoms with Gasteiger partial charge in [-0.25, -0.2) is 9.97 Å². The van der Waals surface area contributed by atoms with Crippen molar-refractivity contribution in [1.82, 2.24) is 14.4 Å². The van der Waals surface area contributed by atoms with Gasteiger partial charge in [0.1, 0.15) is 5.15 Å². The summed E-state index contributed by atoms with van der Waals surface area (Å²) < 4.78 is 1.90. The molecule has 0 radical (unpaired) electrons. The van der Waals surface area contributed by atoms with Crippen molar-refractivity contribution < 1.29 is 0 Å². The summed E-state index contributed by atoms with van der Waals surface area (Å²) in [5, 5.41) is 0.485. The lowest BCUT2D eigenvalue weighted by Crippen LogP contribution is -1.88. The first-order valence-corrected chi connectivity index (χ1v) is 4.60. The van der Waals surface area contributed by atoms with E-state index in [4.69, 9.17) is 11.6 Å². The Morgan fingerprint density at radius 1 is 1.23 bits per heavy atom. The second kappa shape index (κ2) is 4.23. The summed E-state index contributed by atoms with van der Waals surface area (Å²) in [5.41, 5.74) is 1.89. The Kier molecular flexibility index (Phi) is 3.25. The molecule has 0 aliphatic rings. The van der Waals surface area contributed by atoms with Gasteiger partial charge in [0, 0.05) is 18.1 Å². The molecule has 0 saturated heterocycles. The molecule has 0 aromatic carbocycles. The van der Waals surface area contributed by atoms with Crippen molar-refractivity contribution in [3.05, 3.63) is 29.4 Å². The molecule has 0 fully saturated rings. The molecule has 13 heavy (non-hydrogen) atoms. The van der Waals surface area contributed by atoms with Gasteiger partial charge in [-0.15, -0.1) is 0 Å². The maximum atomic E-state index is 5.69. The topological polar surface area (TPSA) is 30.2 Å². The van der Waals surface area contributed by atoms with Crippen LogP contribution in [-0.2, 0) is 0 Å². The molecule has 2 rings (SSSR count). The Hall–Kier alpha value is -1.09. The van der Waals surface area contributed by atoms with Crippen LogP contribution in [0.3, 0.4) is 0 Å². The summed E-state index contributed by atoms with van der Waals surface area (Å²) in [6.07, 6.45) is 5.18. The van der Waals surface area contributed by atoms with Crippen LogP contribution in [0.2, 0.25) is 5.15 Å². The SMILES string of the molecule is CC.Cc1cnc2cnc(Cl)cn12. The number of rotatable bonds is 0. The predicted molar refractivity (Wildman–Crippen MR) is 54.1 cm³/mol. The minimum Gasteiger partial charge on any atom is -0.300 e. The molecule has 0 atom stereocenters. The summed E-state index contributed by atoms with van der Waals surface area (Å²) in [6, 6.07) is 0. The lowest BCUT2D eigenvalue weighted by atomic mass is 10.5. The van der Waals surface area contributed by atoms with E-state index in [1.807, 2.05) is 25.2 Å². The lowest BCUT2D eigenvalue weighted by molar-refractivity contribution is 1.07. The molecule has 2 aromatic heterocycles. The molecule has 0 unspecified atom stereocenters. The van der Waals surface area contributed by atoms with Crippen LogP contribution >= 0.6 is 11.6 Å². The van der Waals surface area contributed by atoms with Gasteiger partial charge in [0.2, 0.25) is 0 Å². The summed E-state index contributed by atoms with van der Waals surface area (Å²) in [6.45, 7) is 5.97. The number of imidazole rings is 1. The molecule has 2 heterocycles. The third kappa shape index (κ3) is 1.98. The molecule has 0 N–H and O–H groups in total. The summed E-state index contributed by atoms with van der Waals surface area (Å²) in [7, 11) is 0. The highest BCUT2D eigenvalue weighted by Crippen LogP contribution is 2.08. The van der Waals surface area contributed by atoms with Crippen molar-refractivity contribution in [2.24, 2.45) is 0 Å². The molecular weight excluding hydrogens is 186 g/mol. The molecule has 0 aliphatic carbocycles. The van der Waals surface area contributed by atoms with E-state index in [1.165, 1.54) is 0 Å². The van der Waals surface area contributed by atoms with Gasteiger partial charge in [0.25, 0.3) is 0 Å². The molecule has 0 spiro atoms. The highest BCUT2D eigenvalue weighted by Gasteiger charge is 1.98. The van der Waals surface area contributed by atoms with E-state index in [0.717, 1.165) is 11.3 Å². The summed E-state index contributed by atoms with van der Waals surface area (Å²) >= 11 is 5.69. The molecular formula is C9H12ClN3. The maximum Gasteiger partial charge on any atom is 0.155 e. The molecule has 3 nitrogen and oxygen atoms in total. The normalized spacial score (nSPS) is 9.54. The minimum atomic E-state index is 0.485. The standard InChI is InChI=1S/C7H6ClN3.C2H6/c1-5-2-10-7-3-9-6(8)4-11(5)7;1-2/h2-4H,1H3;1-2H3. The van der Waals surface area contributed by atoms with E-state index in [-0.39, 0.29) is 0 Å². The maximum absolute atomic E-state index is 5.69. The fourth-order valence-electron chi connectivity index (χ4n) is 0.987. The average molecular weight is 198 g/mol. The number of halogens is 1. The zero-order valence-corrected chi connectivity index (χ0v) is 8.71. The molecule has 0 aliphatic heterocycles. The van der Waals surface area contributed by atoms with Gasteiger partial charge in [-0.2, -0.15) is 0 Å². The molecule has 4 heteroatoms. The van der Waals surface area contributed by atoms with Crippen LogP contribution in [0.5, 0.6) is 0 Å². The van der Waals surface area contributed by atoms with Crippen LogP contribution in [0, 0.1) is 6.92 Å².